The van der Waals surface area contributed by atoms with Gasteiger partial charge in [0.15, 0.2) is 18.9 Å². The number of aromatic nitrogens is 6. The number of ether oxygens (including phenoxy) is 2. The number of para-hydroxylation sites is 5. The van der Waals surface area contributed by atoms with Gasteiger partial charge in [-0.15, -0.1) is 0 Å². The van der Waals surface area contributed by atoms with Gasteiger partial charge in [0, 0.05) is 142 Å². The van der Waals surface area contributed by atoms with Gasteiger partial charge in [0.05, 0.1) is 23.9 Å². The van der Waals surface area contributed by atoms with Gasteiger partial charge in [-0.1, -0.05) is 305 Å². The van der Waals surface area contributed by atoms with E-state index < -0.39 is 5.97 Å². The Morgan fingerprint density at radius 2 is 0.706 bits per heavy atom. The molecule has 7 aliphatic carbocycles. The summed E-state index contributed by atoms with van der Waals surface area (Å²) in [6, 6.07) is 99.4. The maximum atomic E-state index is 12.4. The number of carbonyl (C=O) groups is 5. The number of aryl methyl sites for hydroxylation is 1. The molecule has 0 saturated heterocycles. The Labute approximate surface area is 790 Å². The van der Waals surface area contributed by atoms with E-state index in [0.29, 0.717) is 28.5 Å². The molecule has 7 N–H and O–H groups in total. The number of rotatable bonds is 19. The highest BCUT2D eigenvalue weighted by atomic mass is 16.5. The third-order valence-corrected chi connectivity index (χ3v) is 28.5. The number of nitrogens with one attached hydrogen (secondary N) is 6. The van der Waals surface area contributed by atoms with Crippen LogP contribution >= 0.6 is 0 Å². The van der Waals surface area contributed by atoms with Gasteiger partial charge in [-0.25, -0.2) is 9.59 Å². The number of hydrogen-bond donors (Lipinski definition) is 7. The number of fused-ring (bicyclic) bond motifs is 12. The Morgan fingerprint density at radius 3 is 1.18 bits per heavy atom. The van der Waals surface area contributed by atoms with Crippen LogP contribution in [0.4, 0.5) is 0 Å². The topological polar surface area (TPSA) is 219 Å². The van der Waals surface area contributed by atoms with E-state index in [1.54, 1.807) is 7.11 Å². The van der Waals surface area contributed by atoms with E-state index in [0.717, 1.165) is 163 Å². The number of methoxy groups -OCH3 is 2. The summed E-state index contributed by atoms with van der Waals surface area (Å²) in [5.74, 6) is 0.0617. The van der Waals surface area contributed by atoms with Crippen LogP contribution in [0.2, 0.25) is 0 Å². The highest BCUT2D eigenvalue weighted by molar-refractivity contribution is 6.08. The molecule has 0 radical (unpaired) electrons. The number of esters is 1. The van der Waals surface area contributed by atoms with Gasteiger partial charge >= 0.3 is 11.9 Å². The summed E-state index contributed by atoms with van der Waals surface area (Å²) >= 11 is 0. The molecule has 0 amide bonds. The smallest absolute Gasteiger partial charge is 0.340 e. The molecular weight excluding hydrogens is 1680 g/mol. The number of aldehydes is 3. The molecule has 12 aromatic carbocycles. The summed E-state index contributed by atoms with van der Waals surface area (Å²) in [6.45, 7) is 8.45. The zero-order valence-electron chi connectivity index (χ0n) is 77.0. The van der Waals surface area contributed by atoms with Crippen LogP contribution in [0.1, 0.15) is 222 Å². The molecule has 0 bridgehead atoms. The monoisotopic (exact) mass is 1780 g/mol. The number of hydrogen-bond acceptors (Lipinski definition) is 7. The third-order valence-electron chi connectivity index (χ3n) is 28.5. The second-order valence-corrected chi connectivity index (χ2v) is 36.4. The van der Waals surface area contributed by atoms with Gasteiger partial charge in [0.1, 0.15) is 6.10 Å². The van der Waals surface area contributed by atoms with E-state index in [4.69, 9.17) is 9.47 Å². The molecule has 6 aromatic heterocycles. The van der Waals surface area contributed by atoms with Gasteiger partial charge in [0.25, 0.3) is 0 Å². The highest BCUT2D eigenvalue weighted by Crippen LogP contribution is 2.54. The maximum Gasteiger partial charge on any atom is 0.340 e. The number of aromatic amines is 6. The number of benzene rings is 12. The van der Waals surface area contributed by atoms with E-state index in [1.165, 1.54) is 137 Å². The Morgan fingerprint density at radius 1 is 0.353 bits per heavy atom. The van der Waals surface area contributed by atoms with Gasteiger partial charge < -0.3 is 44.5 Å². The molecule has 0 spiro atoms. The first-order valence-corrected chi connectivity index (χ1v) is 47.2. The standard InChI is InChI=1S/C22H19NO.C21H19NO2.C21H19NO.2C20H17NO2.C18H15N/c24-13-19-17-7-3-4-8-20(17)23-22(19)21(15-9-10-15)18-12-11-14-5-1-2-6-16(14)18;1-13(15-12-11-14-7-3-4-8-16(14)15)20-19(21(23)24-2)17-9-5-6-10-18(17)22-20;1-13-7-10-20-18(11-13)19(12-23)21(22-20)14(2)16-9-8-15-5-3-4-6-17(15)16;1-23-20(16-11-10-13-6-2-3-7-14(13)16)19-17(12-22)15-8-4-5-9-18(15)21-19;1-12(14-11-10-13-6-2-3-7-15(13)14)19-18(20(22)23)16-8-4-5-9-17(16)21-19;1-3-7-17-13(5-1)9-10-14(17)11-16-12-15-6-2-4-8-18(15)19-16/h1-8,12-13,15,21,23H,9-11H2;3-10,12-13,22H,11H2,1-2H3;3-7,9-12,14,22H,8H2,1-2H3;2-9,11-12,20-21H,10H2,1H3;2-9,11-12,21H,10H2,1H3,(H,22,23);1-8,10,12,19H,9,11H2. The van der Waals surface area contributed by atoms with E-state index in [1.807, 2.05) is 109 Å². The van der Waals surface area contributed by atoms with Crippen molar-refractivity contribution in [3.05, 3.63) is 462 Å². The predicted octanol–water partition coefficient (Wildman–Crippen LogP) is 28.1. The lowest BCUT2D eigenvalue weighted by atomic mass is 9.85. The van der Waals surface area contributed by atoms with Crippen molar-refractivity contribution in [2.24, 2.45) is 5.92 Å². The summed E-state index contributed by atoms with van der Waals surface area (Å²) in [5, 5.41) is 15.7. The molecule has 7 aliphatic rings. The Balaban J connectivity index is 0.000000101. The molecule has 1 fully saturated rings. The second kappa shape index (κ2) is 38.4. The molecular formula is C122H106N6O8. The number of carboxylic acid groups (broad SMARTS) is 1. The molecule has 25 rings (SSSR count). The predicted molar refractivity (Wildman–Crippen MR) is 552 cm³/mol. The van der Waals surface area contributed by atoms with Crippen molar-refractivity contribution in [2.75, 3.05) is 14.2 Å². The number of allylic oxidation sites excluding steroid dienone is 11. The molecule has 136 heavy (non-hydrogen) atoms. The lowest BCUT2D eigenvalue weighted by Crippen LogP contribution is -2.07. The average Bonchev–Trinajstić information content (AvgIpc) is 1.60. The molecule has 1 saturated carbocycles. The van der Waals surface area contributed by atoms with Gasteiger partial charge in [-0.2, -0.15) is 0 Å². The number of aromatic carboxylic acids is 1. The summed E-state index contributed by atoms with van der Waals surface area (Å²) in [6.07, 6.45) is 25.7. The molecule has 5 atom stereocenters. The first-order chi connectivity index (χ1) is 66.6. The van der Waals surface area contributed by atoms with Crippen LogP contribution in [0.25, 0.3) is 98.9 Å². The van der Waals surface area contributed by atoms with Crippen LogP contribution in [0, 0.1) is 12.8 Å². The molecule has 672 valence electrons. The Kier molecular flexibility index (Phi) is 24.9. The summed E-state index contributed by atoms with van der Waals surface area (Å²) < 4.78 is 10.8. The fourth-order valence-electron chi connectivity index (χ4n) is 21.6. The third kappa shape index (κ3) is 17.0. The summed E-state index contributed by atoms with van der Waals surface area (Å²) in [5.41, 5.74) is 40.3. The molecule has 0 aliphatic heterocycles. The lowest BCUT2D eigenvalue weighted by molar-refractivity contribution is 0.0600. The minimum atomic E-state index is -0.879. The normalized spacial score (nSPS) is 14.9. The van der Waals surface area contributed by atoms with Crippen LogP contribution in [0.15, 0.2) is 328 Å². The molecule has 14 nitrogen and oxygen atoms in total. The van der Waals surface area contributed by atoms with Crippen molar-refractivity contribution >= 4 is 130 Å². The quantitative estimate of drug-likeness (QED) is 0.0304. The van der Waals surface area contributed by atoms with E-state index in [-0.39, 0.29) is 29.8 Å². The fourth-order valence-corrected chi connectivity index (χ4v) is 21.6. The molecule has 5 unspecified atom stereocenters. The van der Waals surface area contributed by atoms with E-state index >= 15 is 0 Å². The van der Waals surface area contributed by atoms with Crippen molar-refractivity contribution < 1.29 is 38.6 Å². The highest BCUT2D eigenvalue weighted by Gasteiger charge is 2.40. The molecule has 18 aromatic rings. The van der Waals surface area contributed by atoms with Crippen molar-refractivity contribution in [1.29, 1.82) is 0 Å². The van der Waals surface area contributed by atoms with Crippen LogP contribution in [-0.2, 0) is 54.4 Å². The van der Waals surface area contributed by atoms with Gasteiger partial charge in [-0.05, 0) is 218 Å². The first kappa shape index (κ1) is 88.2. The molecule has 6 heterocycles. The number of H-pyrrole nitrogens is 6. The minimum Gasteiger partial charge on any atom is -0.478 e. The maximum absolute atomic E-state index is 12.4. The Hall–Kier alpha value is -15.8. The summed E-state index contributed by atoms with van der Waals surface area (Å²) in [4.78, 5) is 80.2. The van der Waals surface area contributed by atoms with Crippen molar-refractivity contribution in [3.8, 4) is 0 Å². The largest absolute Gasteiger partial charge is 0.478 e. The fraction of sp³-hybridized carbons (Fsp3) is 0.172. The number of carbonyl (C=O) groups excluding carboxylic acids is 4. The average molecular weight is 1780 g/mol. The van der Waals surface area contributed by atoms with Crippen molar-refractivity contribution in [1.82, 2.24) is 29.9 Å². The second-order valence-electron chi connectivity index (χ2n) is 36.4. The summed E-state index contributed by atoms with van der Waals surface area (Å²) in [7, 11) is 3.12. The van der Waals surface area contributed by atoms with E-state index in [9.17, 15) is 29.1 Å². The lowest BCUT2D eigenvalue weighted by Gasteiger charge is -2.19. The molecule has 14 heteroatoms. The first-order valence-electron chi connectivity index (χ1n) is 47.2. The van der Waals surface area contributed by atoms with Crippen molar-refractivity contribution in [3.63, 3.8) is 0 Å². The van der Waals surface area contributed by atoms with Crippen LogP contribution in [-0.4, -0.2) is 80.0 Å². The zero-order chi connectivity index (χ0) is 93.2. The van der Waals surface area contributed by atoms with Gasteiger partial charge in [-0.3, -0.25) is 14.4 Å². The zero-order valence-corrected chi connectivity index (χ0v) is 77.0. The van der Waals surface area contributed by atoms with Crippen LogP contribution in [0.3, 0.4) is 0 Å². The van der Waals surface area contributed by atoms with E-state index in [2.05, 4.69) is 276 Å². The van der Waals surface area contributed by atoms with Crippen LogP contribution < -0.4 is 0 Å². The SMILES string of the molecule is C1=C(Cc2cc3ccccc3[nH]2)c2ccccc2C1.CC(C1=CCc2ccccc21)c1[nH]c2ccccc2c1C(=O)O.COC(=O)c1c(C(C)C2=CCc3ccccc32)[nH]c2ccccc12.COC(C1=CCc2ccccc21)c1[nH]c2ccccc2c1C=O.Cc1ccc2[nH]c(C(C)C3=CCc4ccccc43)c(C=O)c2c1.O=Cc1c(C(C2=CCc3ccccc32)C2CC2)[nH]c2ccccc12. The Bertz CT molecular complexity index is 7890. The minimum absolute atomic E-state index is 0.0112. The van der Waals surface area contributed by atoms with Crippen molar-refractivity contribution in [2.45, 2.75) is 115 Å². The van der Waals surface area contributed by atoms with Crippen LogP contribution in [0.5, 0.6) is 0 Å². The van der Waals surface area contributed by atoms with Gasteiger partial charge in [0.2, 0.25) is 0 Å². The number of carboxylic acids is 1.